The van der Waals surface area contributed by atoms with Crippen LogP contribution in [0.3, 0.4) is 0 Å². The Morgan fingerprint density at radius 3 is 2.75 bits per heavy atom. The fraction of sp³-hybridized carbons (Fsp3) is 0.600. The van der Waals surface area contributed by atoms with Gasteiger partial charge in [0.25, 0.3) is 0 Å². The third kappa shape index (κ3) is 5.57. The van der Waals surface area contributed by atoms with Crippen LogP contribution in [0, 0.1) is 0 Å². The Labute approximate surface area is 126 Å². The zero-order valence-electron chi connectivity index (χ0n) is 12.4. The highest BCUT2D eigenvalue weighted by Crippen LogP contribution is 2.36. The third-order valence-corrected chi connectivity index (χ3v) is 3.11. The first-order valence-corrected chi connectivity index (χ1v) is 7.34. The lowest BCUT2D eigenvalue weighted by Gasteiger charge is -2.15. The molecule has 0 heterocycles. The summed E-state index contributed by atoms with van der Waals surface area (Å²) >= 11 is 6.25. The van der Waals surface area contributed by atoms with Gasteiger partial charge in [-0.2, -0.15) is 0 Å². The van der Waals surface area contributed by atoms with E-state index in [1.54, 1.807) is 14.0 Å². The molecule has 0 spiro atoms. The number of rotatable bonds is 9. The molecule has 0 saturated carbocycles. The van der Waals surface area contributed by atoms with Gasteiger partial charge in [-0.15, -0.1) is 0 Å². The van der Waals surface area contributed by atoms with Gasteiger partial charge in [-0.1, -0.05) is 18.5 Å². The van der Waals surface area contributed by atoms with Crippen LogP contribution < -0.4 is 14.8 Å². The van der Waals surface area contributed by atoms with E-state index in [1.807, 2.05) is 12.1 Å². The van der Waals surface area contributed by atoms with E-state index in [2.05, 4.69) is 12.2 Å². The molecular weight excluding hydrogens is 278 g/mol. The van der Waals surface area contributed by atoms with Crippen LogP contribution in [0.25, 0.3) is 0 Å². The predicted octanol–water partition coefficient (Wildman–Crippen LogP) is 3.00. The summed E-state index contributed by atoms with van der Waals surface area (Å²) in [5, 5.41) is 13.1. The molecule has 114 valence electrons. The Kier molecular flexibility index (Phi) is 7.73. The molecule has 1 atom stereocenters. The quantitative estimate of drug-likeness (QED) is 0.689. The zero-order valence-corrected chi connectivity index (χ0v) is 13.2. The van der Waals surface area contributed by atoms with Crippen LogP contribution >= 0.6 is 11.6 Å². The Morgan fingerprint density at radius 2 is 2.15 bits per heavy atom. The largest absolute Gasteiger partial charge is 0.493 e. The van der Waals surface area contributed by atoms with Crippen molar-refractivity contribution >= 4 is 11.6 Å². The number of hydrogen-bond donors (Lipinski definition) is 2. The van der Waals surface area contributed by atoms with E-state index in [1.165, 1.54) is 0 Å². The molecule has 5 heteroatoms. The number of nitrogens with one attached hydrogen (secondary N) is 1. The lowest BCUT2D eigenvalue weighted by molar-refractivity contribution is 0.154. The van der Waals surface area contributed by atoms with Gasteiger partial charge in [0.2, 0.25) is 0 Å². The van der Waals surface area contributed by atoms with Gasteiger partial charge in [-0.05, 0) is 37.6 Å². The number of hydrogen-bond acceptors (Lipinski definition) is 4. The van der Waals surface area contributed by atoms with Gasteiger partial charge in [0.1, 0.15) is 0 Å². The normalized spacial score (nSPS) is 12.2. The molecule has 0 bridgehead atoms. The van der Waals surface area contributed by atoms with Crippen LogP contribution in [0.2, 0.25) is 5.02 Å². The second-order valence-corrected chi connectivity index (χ2v) is 5.18. The van der Waals surface area contributed by atoms with Crippen molar-refractivity contribution in [1.29, 1.82) is 0 Å². The molecule has 0 aromatic heterocycles. The first kappa shape index (κ1) is 17.1. The maximum absolute atomic E-state index is 9.24. The van der Waals surface area contributed by atoms with Crippen molar-refractivity contribution in [2.75, 3.05) is 20.3 Å². The van der Waals surface area contributed by atoms with Gasteiger partial charge in [0.05, 0.1) is 24.8 Å². The SMILES string of the molecule is CCCNCc1cc(Cl)c(OCCC(C)O)c(OC)c1. The molecule has 0 aliphatic heterocycles. The summed E-state index contributed by atoms with van der Waals surface area (Å²) in [7, 11) is 1.59. The first-order valence-electron chi connectivity index (χ1n) is 6.96. The molecule has 2 N–H and O–H groups in total. The number of methoxy groups -OCH3 is 1. The van der Waals surface area contributed by atoms with Crippen molar-refractivity contribution in [2.45, 2.75) is 39.3 Å². The Morgan fingerprint density at radius 1 is 1.40 bits per heavy atom. The van der Waals surface area contributed by atoms with Gasteiger partial charge in [-0.25, -0.2) is 0 Å². The van der Waals surface area contributed by atoms with Crippen molar-refractivity contribution < 1.29 is 14.6 Å². The number of benzene rings is 1. The molecule has 0 saturated heterocycles. The van der Waals surface area contributed by atoms with Crippen LogP contribution in [0.1, 0.15) is 32.3 Å². The Bertz CT molecular complexity index is 410. The maximum atomic E-state index is 9.24. The topological polar surface area (TPSA) is 50.7 Å². The number of halogens is 1. The molecule has 0 fully saturated rings. The van der Waals surface area contributed by atoms with Crippen LogP contribution in [0.4, 0.5) is 0 Å². The van der Waals surface area contributed by atoms with E-state index >= 15 is 0 Å². The molecule has 1 aromatic carbocycles. The van der Waals surface area contributed by atoms with E-state index in [0.29, 0.717) is 29.5 Å². The smallest absolute Gasteiger partial charge is 0.179 e. The summed E-state index contributed by atoms with van der Waals surface area (Å²) in [5.74, 6) is 1.16. The molecule has 1 aromatic rings. The molecular formula is C15H24ClNO3. The summed E-state index contributed by atoms with van der Waals surface area (Å²) < 4.78 is 10.9. The Balaban J connectivity index is 2.74. The lowest BCUT2D eigenvalue weighted by Crippen LogP contribution is -2.14. The van der Waals surface area contributed by atoms with Gasteiger partial charge >= 0.3 is 0 Å². The second-order valence-electron chi connectivity index (χ2n) is 4.77. The Hall–Kier alpha value is -0.970. The van der Waals surface area contributed by atoms with Crippen LogP contribution in [-0.2, 0) is 6.54 Å². The minimum atomic E-state index is -0.391. The second kappa shape index (κ2) is 9.06. The summed E-state index contributed by atoms with van der Waals surface area (Å²) in [6.45, 7) is 5.97. The highest BCUT2D eigenvalue weighted by molar-refractivity contribution is 6.32. The lowest BCUT2D eigenvalue weighted by atomic mass is 10.2. The third-order valence-electron chi connectivity index (χ3n) is 2.83. The van der Waals surface area contributed by atoms with Crippen LogP contribution in [0.15, 0.2) is 12.1 Å². The maximum Gasteiger partial charge on any atom is 0.179 e. The van der Waals surface area contributed by atoms with E-state index in [9.17, 15) is 5.11 Å². The fourth-order valence-corrected chi connectivity index (χ4v) is 2.04. The molecule has 20 heavy (non-hydrogen) atoms. The van der Waals surface area contributed by atoms with Crippen molar-refractivity contribution in [2.24, 2.45) is 0 Å². The average Bonchev–Trinajstić information content (AvgIpc) is 2.40. The molecule has 0 aliphatic carbocycles. The molecule has 0 amide bonds. The molecule has 1 rings (SSSR count). The first-order chi connectivity index (χ1) is 9.58. The van der Waals surface area contributed by atoms with E-state index < -0.39 is 6.10 Å². The van der Waals surface area contributed by atoms with Crippen molar-refractivity contribution in [3.05, 3.63) is 22.7 Å². The highest BCUT2D eigenvalue weighted by Gasteiger charge is 2.12. The van der Waals surface area contributed by atoms with Gasteiger partial charge in [-0.3, -0.25) is 0 Å². The minimum Gasteiger partial charge on any atom is -0.493 e. The van der Waals surface area contributed by atoms with E-state index in [-0.39, 0.29) is 0 Å². The number of ether oxygens (including phenoxy) is 2. The standard InChI is InChI=1S/C15H24ClNO3/c1-4-6-17-10-12-8-13(16)15(14(9-12)19-3)20-7-5-11(2)18/h8-9,11,17-18H,4-7,10H2,1-3H3. The molecule has 1 unspecified atom stereocenters. The van der Waals surface area contributed by atoms with Crippen LogP contribution in [0.5, 0.6) is 11.5 Å². The van der Waals surface area contributed by atoms with E-state index in [0.717, 1.165) is 25.1 Å². The monoisotopic (exact) mass is 301 g/mol. The van der Waals surface area contributed by atoms with Crippen molar-refractivity contribution in [3.63, 3.8) is 0 Å². The average molecular weight is 302 g/mol. The summed E-state index contributed by atoms with van der Waals surface area (Å²) in [6.07, 6.45) is 1.25. The van der Waals surface area contributed by atoms with Crippen molar-refractivity contribution in [3.8, 4) is 11.5 Å². The predicted molar refractivity (Wildman–Crippen MR) is 81.8 cm³/mol. The minimum absolute atomic E-state index is 0.391. The highest BCUT2D eigenvalue weighted by atomic mass is 35.5. The summed E-state index contributed by atoms with van der Waals surface area (Å²) in [4.78, 5) is 0. The van der Waals surface area contributed by atoms with Crippen LogP contribution in [-0.4, -0.2) is 31.5 Å². The summed E-state index contributed by atoms with van der Waals surface area (Å²) in [6, 6.07) is 3.80. The number of aliphatic hydroxyl groups excluding tert-OH is 1. The van der Waals surface area contributed by atoms with Gasteiger partial charge < -0.3 is 19.9 Å². The molecule has 0 radical (unpaired) electrons. The number of aliphatic hydroxyl groups is 1. The fourth-order valence-electron chi connectivity index (χ4n) is 1.76. The molecule has 4 nitrogen and oxygen atoms in total. The zero-order chi connectivity index (χ0) is 15.0. The van der Waals surface area contributed by atoms with Gasteiger partial charge in [0, 0.05) is 13.0 Å². The van der Waals surface area contributed by atoms with Crippen molar-refractivity contribution in [1.82, 2.24) is 5.32 Å². The van der Waals surface area contributed by atoms with Gasteiger partial charge in [0.15, 0.2) is 11.5 Å². The van der Waals surface area contributed by atoms with E-state index in [4.69, 9.17) is 21.1 Å². The molecule has 0 aliphatic rings. The summed E-state index contributed by atoms with van der Waals surface area (Å²) in [5.41, 5.74) is 1.06.